The Kier molecular flexibility index (Phi) is 8.96. The van der Waals surface area contributed by atoms with Gasteiger partial charge >= 0.3 is 6.18 Å². The van der Waals surface area contributed by atoms with E-state index < -0.39 is 46.2 Å². The van der Waals surface area contributed by atoms with E-state index in [-0.39, 0.29) is 12.2 Å². The molecule has 0 aliphatic carbocycles. The fourth-order valence-electron chi connectivity index (χ4n) is 3.19. The van der Waals surface area contributed by atoms with Crippen LogP contribution in [0.25, 0.3) is 0 Å². The molecule has 0 unspecified atom stereocenters. The van der Waals surface area contributed by atoms with Crippen LogP contribution in [0.4, 0.5) is 18.9 Å². The third-order valence-corrected chi connectivity index (χ3v) is 6.28. The average molecular weight is 520 g/mol. The molecular formula is C22H25ClF3N3O4S. The molecule has 0 aliphatic rings. The molecule has 0 saturated heterocycles. The Bertz CT molecular complexity index is 1140. The van der Waals surface area contributed by atoms with Gasteiger partial charge in [0, 0.05) is 18.1 Å². The summed E-state index contributed by atoms with van der Waals surface area (Å²) >= 11 is 6.01. The van der Waals surface area contributed by atoms with E-state index >= 15 is 0 Å². The average Bonchev–Trinajstić information content (AvgIpc) is 2.74. The first-order valence-electron chi connectivity index (χ1n) is 10.2. The first kappa shape index (κ1) is 27.5. The summed E-state index contributed by atoms with van der Waals surface area (Å²) in [5.74, 6) is -1.25. The molecular weight excluding hydrogens is 495 g/mol. The number of carbonyl (C=O) groups is 2. The van der Waals surface area contributed by atoms with Crippen LogP contribution in [0, 0.1) is 0 Å². The Morgan fingerprint density at radius 2 is 1.76 bits per heavy atom. The van der Waals surface area contributed by atoms with E-state index in [1.807, 2.05) is 0 Å². The third kappa shape index (κ3) is 7.36. The zero-order chi connectivity index (χ0) is 25.7. The van der Waals surface area contributed by atoms with Crippen molar-refractivity contribution < 1.29 is 31.2 Å². The molecule has 0 saturated carbocycles. The van der Waals surface area contributed by atoms with Gasteiger partial charge in [-0.3, -0.25) is 13.9 Å². The van der Waals surface area contributed by atoms with Crippen molar-refractivity contribution in [1.82, 2.24) is 10.2 Å². The van der Waals surface area contributed by atoms with Crippen LogP contribution in [0.5, 0.6) is 0 Å². The van der Waals surface area contributed by atoms with Crippen molar-refractivity contribution in [3.8, 4) is 0 Å². The standard InChI is InChI=1S/C22H25ClF3N3O4S/c1-4-27-21(31)15(2)28(13-16-7-5-9-18(23)11-16)20(30)14-29(34(3,32)33)19-10-6-8-17(12-19)22(24,25)26/h5-12,15H,4,13-14H2,1-3H3,(H,27,31)/t15-/m0/s1. The Balaban J connectivity index is 2.44. The molecule has 186 valence electrons. The van der Waals surface area contributed by atoms with Crippen molar-refractivity contribution in [3.63, 3.8) is 0 Å². The second kappa shape index (κ2) is 11.1. The van der Waals surface area contributed by atoms with Crippen LogP contribution < -0.4 is 9.62 Å². The Morgan fingerprint density at radius 1 is 1.12 bits per heavy atom. The molecule has 2 rings (SSSR count). The number of halogens is 4. The summed E-state index contributed by atoms with van der Waals surface area (Å²) in [5.41, 5.74) is -0.793. The smallest absolute Gasteiger partial charge is 0.355 e. The minimum absolute atomic E-state index is 0.0715. The van der Waals surface area contributed by atoms with Gasteiger partial charge in [-0.1, -0.05) is 29.8 Å². The Morgan fingerprint density at radius 3 is 2.32 bits per heavy atom. The van der Waals surface area contributed by atoms with Gasteiger partial charge in [0.25, 0.3) is 0 Å². The molecule has 0 aliphatic heterocycles. The number of hydrogen-bond donors (Lipinski definition) is 1. The summed E-state index contributed by atoms with van der Waals surface area (Å²) < 4.78 is 64.9. The number of hydrogen-bond acceptors (Lipinski definition) is 4. The van der Waals surface area contributed by atoms with Gasteiger partial charge in [-0.15, -0.1) is 0 Å². The van der Waals surface area contributed by atoms with Crippen molar-refractivity contribution in [3.05, 3.63) is 64.7 Å². The van der Waals surface area contributed by atoms with Crippen molar-refractivity contribution in [2.45, 2.75) is 32.6 Å². The summed E-state index contributed by atoms with van der Waals surface area (Å²) in [6.45, 7) is 2.61. The Labute approximate surface area is 201 Å². The lowest BCUT2D eigenvalue weighted by Crippen LogP contribution is -2.51. The Hall–Kier alpha value is -2.79. The van der Waals surface area contributed by atoms with Crippen LogP contribution in [0.2, 0.25) is 5.02 Å². The van der Waals surface area contributed by atoms with Gasteiger partial charge in [0.2, 0.25) is 21.8 Å². The number of rotatable bonds is 9. The number of benzene rings is 2. The summed E-state index contributed by atoms with van der Waals surface area (Å²) in [6.07, 6.45) is -3.91. The zero-order valence-corrected chi connectivity index (χ0v) is 20.3. The number of likely N-dealkylation sites (N-methyl/N-ethyl adjacent to an activating group) is 1. The van der Waals surface area contributed by atoms with E-state index in [1.54, 1.807) is 31.2 Å². The lowest BCUT2D eigenvalue weighted by molar-refractivity contribution is -0.139. The van der Waals surface area contributed by atoms with Gasteiger partial charge < -0.3 is 10.2 Å². The molecule has 1 N–H and O–H groups in total. The van der Waals surface area contributed by atoms with E-state index in [1.165, 1.54) is 6.92 Å². The first-order valence-corrected chi connectivity index (χ1v) is 12.4. The molecule has 0 spiro atoms. The van der Waals surface area contributed by atoms with Crippen LogP contribution in [0.1, 0.15) is 25.0 Å². The van der Waals surface area contributed by atoms with E-state index in [4.69, 9.17) is 11.6 Å². The number of amides is 2. The van der Waals surface area contributed by atoms with Crippen molar-refractivity contribution in [1.29, 1.82) is 0 Å². The zero-order valence-electron chi connectivity index (χ0n) is 18.8. The minimum Gasteiger partial charge on any atom is -0.355 e. The molecule has 0 aromatic heterocycles. The number of anilines is 1. The molecule has 0 heterocycles. The molecule has 7 nitrogen and oxygen atoms in total. The molecule has 1 atom stereocenters. The predicted octanol–water partition coefficient (Wildman–Crippen LogP) is 3.68. The molecule has 0 bridgehead atoms. The van der Waals surface area contributed by atoms with Gasteiger partial charge in [-0.25, -0.2) is 8.42 Å². The van der Waals surface area contributed by atoms with Crippen LogP contribution in [-0.2, 0) is 32.3 Å². The number of alkyl halides is 3. The highest BCUT2D eigenvalue weighted by molar-refractivity contribution is 7.92. The summed E-state index contributed by atoms with van der Waals surface area (Å²) in [5, 5.41) is 3.00. The molecule has 12 heteroatoms. The highest BCUT2D eigenvalue weighted by Gasteiger charge is 2.33. The van der Waals surface area contributed by atoms with Gasteiger partial charge in [0.15, 0.2) is 0 Å². The molecule has 0 fully saturated rings. The lowest BCUT2D eigenvalue weighted by Gasteiger charge is -2.31. The number of sulfonamides is 1. The fraction of sp³-hybridized carbons (Fsp3) is 0.364. The molecule has 34 heavy (non-hydrogen) atoms. The van der Waals surface area contributed by atoms with Gasteiger partial charge in [0.1, 0.15) is 12.6 Å². The van der Waals surface area contributed by atoms with Gasteiger partial charge in [0.05, 0.1) is 17.5 Å². The van der Waals surface area contributed by atoms with Crippen LogP contribution in [0.15, 0.2) is 48.5 Å². The lowest BCUT2D eigenvalue weighted by atomic mass is 10.1. The maximum atomic E-state index is 13.3. The molecule has 0 radical (unpaired) electrons. The van der Waals surface area contributed by atoms with E-state index in [9.17, 15) is 31.2 Å². The summed E-state index contributed by atoms with van der Waals surface area (Å²) in [4.78, 5) is 26.9. The first-order chi connectivity index (χ1) is 15.7. The highest BCUT2D eigenvalue weighted by Crippen LogP contribution is 2.32. The van der Waals surface area contributed by atoms with Crippen molar-refractivity contribution in [2.24, 2.45) is 0 Å². The van der Waals surface area contributed by atoms with Crippen molar-refractivity contribution in [2.75, 3.05) is 23.7 Å². The topological polar surface area (TPSA) is 86.8 Å². The third-order valence-electron chi connectivity index (χ3n) is 4.90. The van der Waals surface area contributed by atoms with Crippen LogP contribution in [0.3, 0.4) is 0 Å². The van der Waals surface area contributed by atoms with Gasteiger partial charge in [-0.2, -0.15) is 13.2 Å². The van der Waals surface area contributed by atoms with E-state index in [0.29, 0.717) is 27.5 Å². The van der Waals surface area contributed by atoms with E-state index in [0.717, 1.165) is 29.4 Å². The number of nitrogens with one attached hydrogen (secondary N) is 1. The summed E-state index contributed by atoms with van der Waals surface area (Å²) in [6, 6.07) is 9.24. The largest absolute Gasteiger partial charge is 0.416 e. The number of nitrogens with zero attached hydrogens (tertiary/aromatic N) is 2. The maximum absolute atomic E-state index is 13.3. The monoisotopic (exact) mass is 519 g/mol. The number of carbonyl (C=O) groups excluding carboxylic acids is 2. The molecule has 2 aromatic rings. The van der Waals surface area contributed by atoms with Crippen LogP contribution >= 0.6 is 11.6 Å². The van der Waals surface area contributed by atoms with Crippen LogP contribution in [-0.4, -0.2) is 50.5 Å². The van der Waals surface area contributed by atoms with E-state index in [2.05, 4.69) is 5.32 Å². The molecule has 2 aromatic carbocycles. The molecule has 2 amide bonds. The normalized spacial score (nSPS) is 12.7. The summed E-state index contributed by atoms with van der Waals surface area (Å²) in [7, 11) is -4.15. The second-order valence-electron chi connectivity index (χ2n) is 7.54. The quantitative estimate of drug-likeness (QED) is 0.547. The highest BCUT2D eigenvalue weighted by atomic mass is 35.5. The fourth-order valence-corrected chi connectivity index (χ4v) is 4.24. The maximum Gasteiger partial charge on any atom is 0.416 e. The van der Waals surface area contributed by atoms with Gasteiger partial charge in [-0.05, 0) is 49.7 Å². The SMILES string of the molecule is CCNC(=O)[C@H](C)N(Cc1cccc(Cl)c1)C(=O)CN(c1cccc(C(F)(F)F)c1)S(C)(=O)=O. The minimum atomic E-state index is -4.70. The predicted molar refractivity (Wildman–Crippen MR) is 124 cm³/mol. The second-order valence-corrected chi connectivity index (χ2v) is 9.88. The van der Waals surface area contributed by atoms with Crippen molar-refractivity contribution >= 4 is 39.1 Å².